The Balaban J connectivity index is 1.78. The lowest BCUT2D eigenvalue weighted by atomic mass is 10.1. The van der Waals surface area contributed by atoms with Crippen molar-refractivity contribution in [1.29, 1.82) is 0 Å². The molecule has 2 aromatic carbocycles. The molecule has 0 aromatic heterocycles. The van der Waals surface area contributed by atoms with Crippen LogP contribution in [0.25, 0.3) is 0 Å². The molecule has 128 valence electrons. The first kappa shape index (κ1) is 17.9. The van der Waals surface area contributed by atoms with Crippen molar-refractivity contribution in [2.75, 3.05) is 25.5 Å². The molecular formula is C19H24FN3O. The van der Waals surface area contributed by atoms with Crippen molar-refractivity contribution in [3.8, 4) is 0 Å². The Labute approximate surface area is 142 Å². The van der Waals surface area contributed by atoms with Gasteiger partial charge in [-0.1, -0.05) is 30.3 Å². The van der Waals surface area contributed by atoms with E-state index in [1.54, 1.807) is 18.2 Å². The Morgan fingerprint density at radius 3 is 2.42 bits per heavy atom. The zero-order valence-corrected chi connectivity index (χ0v) is 14.3. The maximum Gasteiger partial charge on any atom is 0.234 e. The molecule has 24 heavy (non-hydrogen) atoms. The first-order chi connectivity index (χ1) is 11.5. The molecule has 0 bridgehead atoms. The molecule has 0 aliphatic heterocycles. The minimum atomic E-state index is -0.265. The van der Waals surface area contributed by atoms with Gasteiger partial charge in [0, 0.05) is 37.9 Å². The highest BCUT2D eigenvalue weighted by molar-refractivity contribution is 5.78. The van der Waals surface area contributed by atoms with E-state index in [4.69, 9.17) is 0 Å². The predicted molar refractivity (Wildman–Crippen MR) is 95.4 cm³/mol. The van der Waals surface area contributed by atoms with Gasteiger partial charge >= 0.3 is 0 Å². The molecule has 0 radical (unpaired) electrons. The van der Waals surface area contributed by atoms with Gasteiger partial charge in [0.25, 0.3) is 0 Å². The lowest BCUT2D eigenvalue weighted by Crippen LogP contribution is -2.34. The number of rotatable bonds is 7. The molecule has 5 heteroatoms. The second-order valence-electron chi connectivity index (χ2n) is 5.96. The highest BCUT2D eigenvalue weighted by atomic mass is 19.1. The van der Waals surface area contributed by atoms with Crippen molar-refractivity contribution >= 4 is 11.6 Å². The molecule has 1 atom stereocenters. The lowest BCUT2D eigenvalue weighted by Gasteiger charge is -2.15. The number of amides is 1. The molecule has 0 saturated heterocycles. The van der Waals surface area contributed by atoms with Crippen molar-refractivity contribution < 1.29 is 9.18 Å². The molecule has 0 saturated carbocycles. The maximum absolute atomic E-state index is 13.7. The summed E-state index contributed by atoms with van der Waals surface area (Å²) in [5.74, 6) is -0.381. The normalized spacial score (nSPS) is 11.8. The standard InChI is InChI=1S/C19H24FN3O/c1-14(17-6-4-5-7-18(17)20)21-13-19(24)22-12-15-8-10-16(11-9-15)23(2)3/h4-11,14,21H,12-13H2,1-3H3,(H,22,24). The Bertz CT molecular complexity index is 671. The predicted octanol–water partition coefficient (Wildman–Crippen LogP) is 2.86. The van der Waals surface area contributed by atoms with Gasteiger partial charge in [0.05, 0.1) is 6.54 Å². The number of carbonyl (C=O) groups is 1. The minimum absolute atomic E-state index is 0.116. The van der Waals surface area contributed by atoms with E-state index < -0.39 is 0 Å². The third kappa shape index (κ3) is 5.06. The second kappa shape index (κ2) is 8.45. The summed E-state index contributed by atoms with van der Waals surface area (Å²) in [5.41, 5.74) is 2.71. The molecule has 0 aliphatic rings. The molecular weight excluding hydrogens is 305 g/mol. The third-order valence-corrected chi connectivity index (χ3v) is 3.88. The quantitative estimate of drug-likeness (QED) is 0.821. The van der Waals surface area contributed by atoms with E-state index in [1.807, 2.05) is 50.2 Å². The summed E-state index contributed by atoms with van der Waals surface area (Å²) in [6.07, 6.45) is 0. The fourth-order valence-electron chi connectivity index (χ4n) is 2.36. The first-order valence-corrected chi connectivity index (χ1v) is 7.98. The highest BCUT2D eigenvalue weighted by Gasteiger charge is 2.11. The van der Waals surface area contributed by atoms with Crippen molar-refractivity contribution in [3.63, 3.8) is 0 Å². The molecule has 2 rings (SSSR count). The van der Waals surface area contributed by atoms with Gasteiger partial charge in [0.2, 0.25) is 5.91 Å². The smallest absolute Gasteiger partial charge is 0.234 e. The van der Waals surface area contributed by atoms with Crippen LogP contribution < -0.4 is 15.5 Å². The average Bonchev–Trinajstić information content (AvgIpc) is 2.58. The van der Waals surface area contributed by atoms with Crippen LogP contribution in [-0.2, 0) is 11.3 Å². The summed E-state index contributed by atoms with van der Waals surface area (Å²) in [6, 6.07) is 14.4. The zero-order chi connectivity index (χ0) is 17.5. The van der Waals surface area contributed by atoms with Crippen molar-refractivity contribution in [3.05, 3.63) is 65.5 Å². The Kier molecular flexibility index (Phi) is 6.32. The van der Waals surface area contributed by atoms with E-state index in [0.29, 0.717) is 12.1 Å². The topological polar surface area (TPSA) is 44.4 Å². The highest BCUT2D eigenvalue weighted by Crippen LogP contribution is 2.15. The van der Waals surface area contributed by atoms with E-state index >= 15 is 0 Å². The summed E-state index contributed by atoms with van der Waals surface area (Å²) < 4.78 is 13.7. The van der Waals surface area contributed by atoms with Gasteiger partial charge in [-0.25, -0.2) is 4.39 Å². The minimum Gasteiger partial charge on any atom is -0.378 e. The molecule has 4 nitrogen and oxygen atoms in total. The van der Waals surface area contributed by atoms with Gasteiger partial charge < -0.3 is 15.5 Å². The summed E-state index contributed by atoms with van der Waals surface area (Å²) in [6.45, 7) is 2.46. The Morgan fingerprint density at radius 2 is 1.79 bits per heavy atom. The number of hydrogen-bond acceptors (Lipinski definition) is 3. The van der Waals surface area contributed by atoms with Crippen molar-refractivity contribution in [2.24, 2.45) is 0 Å². The number of hydrogen-bond donors (Lipinski definition) is 2. The zero-order valence-electron chi connectivity index (χ0n) is 14.3. The molecule has 0 spiro atoms. The molecule has 1 amide bonds. The third-order valence-electron chi connectivity index (χ3n) is 3.88. The summed E-state index contributed by atoms with van der Waals surface area (Å²) in [7, 11) is 3.97. The van der Waals surface area contributed by atoms with E-state index in [-0.39, 0.29) is 24.3 Å². The molecule has 0 heterocycles. The fraction of sp³-hybridized carbons (Fsp3) is 0.316. The van der Waals surface area contributed by atoms with Crippen LogP contribution in [0.2, 0.25) is 0 Å². The Morgan fingerprint density at radius 1 is 1.12 bits per heavy atom. The van der Waals surface area contributed by atoms with Crippen LogP contribution in [-0.4, -0.2) is 26.5 Å². The lowest BCUT2D eigenvalue weighted by molar-refractivity contribution is -0.120. The molecule has 1 unspecified atom stereocenters. The van der Waals surface area contributed by atoms with Gasteiger partial charge in [-0.2, -0.15) is 0 Å². The summed E-state index contributed by atoms with van der Waals surface area (Å²) in [4.78, 5) is 14.0. The first-order valence-electron chi connectivity index (χ1n) is 7.98. The number of anilines is 1. The molecule has 0 fully saturated rings. The van der Waals surface area contributed by atoms with Crippen LogP contribution >= 0.6 is 0 Å². The molecule has 2 N–H and O–H groups in total. The van der Waals surface area contributed by atoms with Gasteiger partial charge in [-0.3, -0.25) is 4.79 Å². The number of benzene rings is 2. The number of halogens is 1. The van der Waals surface area contributed by atoms with Crippen LogP contribution in [0.5, 0.6) is 0 Å². The van der Waals surface area contributed by atoms with E-state index in [9.17, 15) is 9.18 Å². The maximum atomic E-state index is 13.7. The molecule has 2 aromatic rings. The van der Waals surface area contributed by atoms with E-state index in [2.05, 4.69) is 10.6 Å². The van der Waals surface area contributed by atoms with E-state index in [1.165, 1.54) is 6.07 Å². The van der Waals surface area contributed by atoms with E-state index in [0.717, 1.165) is 11.3 Å². The van der Waals surface area contributed by atoms with Crippen LogP contribution in [0.4, 0.5) is 10.1 Å². The van der Waals surface area contributed by atoms with Crippen LogP contribution in [0.15, 0.2) is 48.5 Å². The van der Waals surface area contributed by atoms with Gasteiger partial charge in [-0.05, 0) is 30.7 Å². The fourth-order valence-corrected chi connectivity index (χ4v) is 2.36. The van der Waals surface area contributed by atoms with Crippen LogP contribution in [0.1, 0.15) is 24.1 Å². The van der Waals surface area contributed by atoms with Gasteiger partial charge in [-0.15, -0.1) is 0 Å². The van der Waals surface area contributed by atoms with Gasteiger partial charge in [0.15, 0.2) is 0 Å². The van der Waals surface area contributed by atoms with Crippen LogP contribution in [0.3, 0.4) is 0 Å². The second-order valence-corrected chi connectivity index (χ2v) is 5.96. The Hall–Kier alpha value is -2.40. The monoisotopic (exact) mass is 329 g/mol. The summed E-state index contributed by atoms with van der Waals surface area (Å²) in [5, 5.41) is 5.90. The largest absolute Gasteiger partial charge is 0.378 e. The average molecular weight is 329 g/mol. The van der Waals surface area contributed by atoms with Crippen molar-refractivity contribution in [1.82, 2.24) is 10.6 Å². The van der Waals surface area contributed by atoms with Crippen LogP contribution in [0, 0.1) is 5.82 Å². The van der Waals surface area contributed by atoms with Crippen molar-refractivity contribution in [2.45, 2.75) is 19.5 Å². The number of carbonyl (C=O) groups excluding carboxylic acids is 1. The molecule has 0 aliphatic carbocycles. The van der Waals surface area contributed by atoms with Gasteiger partial charge in [0.1, 0.15) is 5.82 Å². The summed E-state index contributed by atoms with van der Waals surface area (Å²) >= 11 is 0. The number of nitrogens with zero attached hydrogens (tertiary/aromatic N) is 1. The number of nitrogens with one attached hydrogen (secondary N) is 2. The SMILES string of the molecule is CC(NCC(=O)NCc1ccc(N(C)C)cc1)c1ccccc1F.